The van der Waals surface area contributed by atoms with Gasteiger partial charge in [0, 0.05) is 24.2 Å². The van der Waals surface area contributed by atoms with Crippen molar-refractivity contribution in [2.75, 3.05) is 24.3 Å². The minimum atomic E-state index is -2.89. The summed E-state index contributed by atoms with van der Waals surface area (Å²) in [6.45, 7) is 5.09. The third kappa shape index (κ3) is 5.84. The first-order valence-electron chi connectivity index (χ1n) is 5.92. The van der Waals surface area contributed by atoms with E-state index in [9.17, 15) is 8.42 Å². The molecule has 0 radical (unpaired) electrons. The normalized spacial score (nSPS) is 13.5. The molecular formula is C12H20N2O2S2. The van der Waals surface area contributed by atoms with E-state index in [-0.39, 0.29) is 11.8 Å². The van der Waals surface area contributed by atoms with E-state index < -0.39 is 9.84 Å². The molecule has 1 unspecified atom stereocenters. The van der Waals surface area contributed by atoms with Crippen molar-refractivity contribution < 1.29 is 8.42 Å². The SMILES string of the molecule is CCNC(C)c1ccnc(SCCS(C)(=O)=O)c1. The topological polar surface area (TPSA) is 59.1 Å². The second-order valence-corrected chi connectivity index (χ2v) is 7.56. The molecule has 0 amide bonds. The van der Waals surface area contributed by atoms with Crippen molar-refractivity contribution in [2.24, 2.45) is 0 Å². The minimum Gasteiger partial charge on any atom is -0.310 e. The first-order valence-corrected chi connectivity index (χ1v) is 8.97. The van der Waals surface area contributed by atoms with E-state index in [4.69, 9.17) is 0 Å². The second kappa shape index (κ2) is 7.11. The average molecular weight is 288 g/mol. The zero-order chi connectivity index (χ0) is 13.6. The van der Waals surface area contributed by atoms with Gasteiger partial charge < -0.3 is 5.32 Å². The Morgan fingerprint density at radius 1 is 1.50 bits per heavy atom. The average Bonchev–Trinajstić information content (AvgIpc) is 2.28. The fourth-order valence-corrected chi connectivity index (χ4v) is 3.60. The van der Waals surface area contributed by atoms with Gasteiger partial charge in [-0.3, -0.25) is 0 Å². The number of nitrogens with one attached hydrogen (secondary N) is 1. The molecule has 1 aromatic heterocycles. The molecular weight excluding hydrogens is 268 g/mol. The van der Waals surface area contributed by atoms with Gasteiger partial charge >= 0.3 is 0 Å². The van der Waals surface area contributed by atoms with Crippen LogP contribution >= 0.6 is 11.8 Å². The molecule has 0 saturated carbocycles. The van der Waals surface area contributed by atoms with Crippen LogP contribution in [0.15, 0.2) is 23.4 Å². The standard InChI is InChI=1S/C12H20N2O2S2/c1-4-13-10(2)11-5-6-14-12(9-11)17-7-8-18(3,15)16/h5-6,9-10,13H,4,7-8H2,1-3H3. The maximum absolute atomic E-state index is 11.0. The van der Waals surface area contributed by atoms with E-state index in [1.165, 1.54) is 23.6 Å². The maximum atomic E-state index is 11.0. The van der Waals surface area contributed by atoms with Crippen LogP contribution in [-0.4, -0.2) is 37.7 Å². The van der Waals surface area contributed by atoms with Crippen molar-refractivity contribution in [1.29, 1.82) is 0 Å². The Kier molecular flexibility index (Phi) is 6.11. The summed E-state index contributed by atoms with van der Waals surface area (Å²) in [5.41, 5.74) is 1.17. The molecule has 1 N–H and O–H groups in total. The summed E-state index contributed by atoms with van der Waals surface area (Å²) < 4.78 is 22.1. The molecule has 102 valence electrons. The predicted molar refractivity (Wildman–Crippen MR) is 76.8 cm³/mol. The molecule has 0 saturated heterocycles. The summed E-state index contributed by atoms with van der Waals surface area (Å²) in [5.74, 6) is 0.733. The lowest BCUT2D eigenvalue weighted by Crippen LogP contribution is -2.17. The number of sulfone groups is 1. The van der Waals surface area contributed by atoms with Crippen molar-refractivity contribution in [3.8, 4) is 0 Å². The highest BCUT2D eigenvalue weighted by Crippen LogP contribution is 2.20. The molecule has 0 aliphatic carbocycles. The molecule has 4 nitrogen and oxygen atoms in total. The zero-order valence-corrected chi connectivity index (χ0v) is 12.6. The Hall–Kier alpha value is -0.590. The van der Waals surface area contributed by atoms with Gasteiger partial charge in [-0.25, -0.2) is 13.4 Å². The zero-order valence-electron chi connectivity index (χ0n) is 11.0. The number of aromatic nitrogens is 1. The van der Waals surface area contributed by atoms with Crippen LogP contribution in [0.4, 0.5) is 0 Å². The van der Waals surface area contributed by atoms with E-state index in [1.807, 2.05) is 12.1 Å². The van der Waals surface area contributed by atoms with E-state index in [1.54, 1.807) is 6.20 Å². The van der Waals surface area contributed by atoms with Crippen LogP contribution in [0.3, 0.4) is 0 Å². The molecule has 0 fully saturated rings. The van der Waals surface area contributed by atoms with Crippen molar-refractivity contribution in [3.05, 3.63) is 23.9 Å². The number of pyridine rings is 1. The lowest BCUT2D eigenvalue weighted by Gasteiger charge is -2.13. The smallest absolute Gasteiger partial charge is 0.148 e. The van der Waals surface area contributed by atoms with E-state index >= 15 is 0 Å². The molecule has 1 rings (SSSR count). The molecule has 1 aromatic rings. The lowest BCUT2D eigenvalue weighted by atomic mass is 10.1. The van der Waals surface area contributed by atoms with Gasteiger partial charge in [0.15, 0.2) is 0 Å². The summed E-state index contributed by atoms with van der Waals surface area (Å²) in [6, 6.07) is 4.28. The van der Waals surface area contributed by atoms with Gasteiger partial charge in [0.05, 0.1) is 10.8 Å². The van der Waals surface area contributed by atoms with Crippen LogP contribution in [0.2, 0.25) is 0 Å². The van der Waals surface area contributed by atoms with Crippen LogP contribution in [0.1, 0.15) is 25.5 Å². The Morgan fingerprint density at radius 2 is 2.22 bits per heavy atom. The summed E-state index contributed by atoms with van der Waals surface area (Å²) >= 11 is 1.48. The molecule has 18 heavy (non-hydrogen) atoms. The maximum Gasteiger partial charge on any atom is 0.148 e. The van der Waals surface area contributed by atoms with Crippen LogP contribution in [0.5, 0.6) is 0 Å². The monoisotopic (exact) mass is 288 g/mol. The second-order valence-electron chi connectivity index (χ2n) is 4.19. The highest BCUT2D eigenvalue weighted by molar-refractivity contribution is 8.00. The highest BCUT2D eigenvalue weighted by atomic mass is 32.2. The van der Waals surface area contributed by atoms with Gasteiger partial charge in [0.1, 0.15) is 9.84 Å². The van der Waals surface area contributed by atoms with Crippen molar-refractivity contribution >= 4 is 21.6 Å². The fraction of sp³-hybridized carbons (Fsp3) is 0.583. The Bertz CT molecular complexity index is 475. The van der Waals surface area contributed by atoms with Gasteiger partial charge in [0.25, 0.3) is 0 Å². The quantitative estimate of drug-likeness (QED) is 0.776. The lowest BCUT2D eigenvalue weighted by molar-refractivity contribution is 0.596. The Balaban J connectivity index is 2.59. The summed E-state index contributed by atoms with van der Waals surface area (Å²) in [7, 11) is -2.89. The van der Waals surface area contributed by atoms with E-state index in [0.717, 1.165) is 11.6 Å². The minimum absolute atomic E-state index is 0.187. The number of thioether (sulfide) groups is 1. The Labute approximate surface area is 114 Å². The molecule has 1 atom stereocenters. The number of rotatable bonds is 7. The number of hydrogen-bond donors (Lipinski definition) is 1. The molecule has 0 spiro atoms. The van der Waals surface area contributed by atoms with Gasteiger partial charge in [-0.05, 0) is 31.2 Å². The van der Waals surface area contributed by atoms with Gasteiger partial charge in [-0.2, -0.15) is 0 Å². The fourth-order valence-electron chi connectivity index (χ4n) is 1.49. The molecule has 1 heterocycles. The molecule has 0 aliphatic heterocycles. The van der Waals surface area contributed by atoms with Crippen LogP contribution < -0.4 is 5.32 Å². The summed E-state index contributed by atoms with van der Waals surface area (Å²) in [4.78, 5) is 4.24. The van der Waals surface area contributed by atoms with Crippen molar-refractivity contribution in [1.82, 2.24) is 10.3 Å². The first-order chi connectivity index (χ1) is 8.42. The molecule has 0 bridgehead atoms. The van der Waals surface area contributed by atoms with E-state index in [0.29, 0.717) is 5.75 Å². The highest BCUT2D eigenvalue weighted by Gasteiger charge is 2.07. The van der Waals surface area contributed by atoms with Gasteiger partial charge in [0.2, 0.25) is 0 Å². The third-order valence-electron chi connectivity index (χ3n) is 2.47. The number of hydrogen-bond acceptors (Lipinski definition) is 5. The van der Waals surface area contributed by atoms with E-state index in [2.05, 4.69) is 24.1 Å². The summed E-state index contributed by atoms with van der Waals surface area (Å²) in [5, 5.41) is 4.21. The van der Waals surface area contributed by atoms with Crippen LogP contribution in [0, 0.1) is 0 Å². The third-order valence-corrected chi connectivity index (χ3v) is 4.60. The molecule has 0 aromatic carbocycles. The summed E-state index contributed by atoms with van der Waals surface area (Å²) in [6.07, 6.45) is 3.02. The first kappa shape index (κ1) is 15.5. The predicted octanol–water partition coefficient (Wildman–Crippen LogP) is 1.89. The van der Waals surface area contributed by atoms with Gasteiger partial charge in [-0.15, -0.1) is 11.8 Å². The van der Waals surface area contributed by atoms with Crippen molar-refractivity contribution in [3.63, 3.8) is 0 Å². The van der Waals surface area contributed by atoms with Crippen LogP contribution in [-0.2, 0) is 9.84 Å². The van der Waals surface area contributed by atoms with Gasteiger partial charge in [-0.1, -0.05) is 6.92 Å². The van der Waals surface area contributed by atoms with Crippen molar-refractivity contribution in [2.45, 2.75) is 24.9 Å². The van der Waals surface area contributed by atoms with Crippen LogP contribution in [0.25, 0.3) is 0 Å². The Morgan fingerprint density at radius 3 is 2.83 bits per heavy atom. The number of nitrogens with zero attached hydrogens (tertiary/aromatic N) is 1. The largest absolute Gasteiger partial charge is 0.310 e. The molecule has 6 heteroatoms. The molecule has 0 aliphatic rings.